The Bertz CT molecular complexity index is 203. The second kappa shape index (κ2) is 7.43. The van der Waals surface area contributed by atoms with Crippen LogP contribution in [0.25, 0.3) is 0 Å². The molecule has 0 aliphatic heterocycles. The fraction of sp³-hybridized carbons (Fsp3) is 0.900. The molecule has 1 amide bonds. The molecule has 0 atom stereocenters. The van der Waals surface area contributed by atoms with Crippen LogP contribution in [-0.4, -0.2) is 40.3 Å². The number of carbonyl (C=O) groups is 1. The fourth-order valence-electron chi connectivity index (χ4n) is 1.05. The van der Waals surface area contributed by atoms with E-state index in [1.54, 1.807) is 20.8 Å². The van der Waals surface area contributed by atoms with Crippen molar-refractivity contribution in [3.05, 3.63) is 0 Å². The molecule has 0 aliphatic carbocycles. The summed E-state index contributed by atoms with van der Waals surface area (Å²) in [6.45, 7) is 5.97. The maximum atomic E-state index is 11.3. The van der Waals surface area contributed by atoms with Crippen LogP contribution in [0.3, 0.4) is 0 Å². The van der Waals surface area contributed by atoms with E-state index in [0.717, 1.165) is 12.8 Å². The van der Waals surface area contributed by atoms with Crippen LogP contribution in [0.5, 0.6) is 0 Å². The van der Waals surface area contributed by atoms with Gasteiger partial charge in [0.05, 0.1) is 6.54 Å². The molecular formula is C10H22N2O4. The number of hydrogen-bond acceptors (Lipinski definition) is 5. The molecule has 0 aromatic rings. The SMILES string of the molecule is CC(C)(C)OC(=O)N(O)CCCCCNO. The summed E-state index contributed by atoms with van der Waals surface area (Å²) in [5, 5.41) is 18.2. The fourth-order valence-corrected chi connectivity index (χ4v) is 1.05. The smallest absolute Gasteiger partial charge is 0.434 e. The van der Waals surface area contributed by atoms with Crippen LogP contribution in [-0.2, 0) is 4.74 Å². The number of hydrogen-bond donors (Lipinski definition) is 3. The third-order valence-corrected chi connectivity index (χ3v) is 1.76. The predicted octanol–water partition coefficient (Wildman–Crippen LogP) is 1.76. The van der Waals surface area contributed by atoms with Gasteiger partial charge in [0, 0.05) is 6.54 Å². The number of nitrogens with one attached hydrogen (secondary N) is 1. The molecule has 0 spiro atoms. The minimum atomic E-state index is -0.729. The van der Waals surface area contributed by atoms with Gasteiger partial charge in [0.15, 0.2) is 0 Å². The molecule has 96 valence electrons. The monoisotopic (exact) mass is 234 g/mol. The summed E-state index contributed by atoms with van der Waals surface area (Å²) >= 11 is 0. The number of ether oxygens (including phenoxy) is 1. The summed E-state index contributed by atoms with van der Waals surface area (Å²) in [5.74, 6) is 0. The van der Waals surface area contributed by atoms with Crippen LogP contribution < -0.4 is 5.48 Å². The van der Waals surface area contributed by atoms with Crippen molar-refractivity contribution in [3.63, 3.8) is 0 Å². The van der Waals surface area contributed by atoms with Gasteiger partial charge in [-0.1, -0.05) is 6.42 Å². The normalized spacial score (nSPS) is 11.3. The molecule has 0 aromatic heterocycles. The summed E-state index contributed by atoms with van der Waals surface area (Å²) < 4.78 is 4.96. The highest BCUT2D eigenvalue weighted by molar-refractivity contribution is 5.66. The number of unbranched alkanes of at least 4 members (excludes halogenated alkanes) is 2. The van der Waals surface area contributed by atoms with Crippen molar-refractivity contribution in [2.24, 2.45) is 0 Å². The Labute approximate surface area is 96.1 Å². The lowest BCUT2D eigenvalue weighted by Crippen LogP contribution is -2.35. The molecule has 0 heterocycles. The molecule has 3 N–H and O–H groups in total. The van der Waals surface area contributed by atoms with Gasteiger partial charge in [-0.15, -0.1) is 0 Å². The first-order valence-corrected chi connectivity index (χ1v) is 5.43. The Morgan fingerprint density at radius 2 is 1.94 bits per heavy atom. The second-order valence-electron chi connectivity index (χ2n) is 4.57. The molecule has 0 bridgehead atoms. The molecule has 6 heteroatoms. The van der Waals surface area contributed by atoms with Gasteiger partial charge in [0.1, 0.15) is 5.60 Å². The average Bonchev–Trinajstić information content (AvgIpc) is 2.14. The lowest BCUT2D eigenvalue weighted by Gasteiger charge is -2.23. The lowest BCUT2D eigenvalue weighted by atomic mass is 10.2. The van der Waals surface area contributed by atoms with E-state index in [1.165, 1.54) is 0 Å². The van der Waals surface area contributed by atoms with E-state index in [0.29, 0.717) is 18.0 Å². The van der Waals surface area contributed by atoms with Crippen molar-refractivity contribution < 1.29 is 19.9 Å². The first kappa shape index (κ1) is 15.2. The summed E-state index contributed by atoms with van der Waals surface area (Å²) in [7, 11) is 0. The third-order valence-electron chi connectivity index (χ3n) is 1.76. The van der Waals surface area contributed by atoms with Crippen LogP contribution in [0.15, 0.2) is 0 Å². The largest absolute Gasteiger partial charge is 0.442 e. The van der Waals surface area contributed by atoms with Gasteiger partial charge in [-0.3, -0.25) is 5.21 Å². The van der Waals surface area contributed by atoms with Crippen LogP contribution >= 0.6 is 0 Å². The number of amides is 1. The van der Waals surface area contributed by atoms with Crippen LogP contribution in [0.2, 0.25) is 0 Å². The highest BCUT2D eigenvalue weighted by Crippen LogP contribution is 2.09. The quantitative estimate of drug-likeness (QED) is 0.370. The molecule has 0 fully saturated rings. The van der Waals surface area contributed by atoms with E-state index in [1.807, 2.05) is 5.48 Å². The van der Waals surface area contributed by atoms with Crippen LogP contribution in [0.4, 0.5) is 4.79 Å². The zero-order valence-electron chi connectivity index (χ0n) is 10.2. The van der Waals surface area contributed by atoms with E-state index in [-0.39, 0.29) is 6.54 Å². The molecule has 0 saturated carbocycles. The summed E-state index contributed by atoms with van der Waals surface area (Å²) in [5.41, 5.74) is 1.44. The van der Waals surface area contributed by atoms with Crippen LogP contribution in [0.1, 0.15) is 40.0 Å². The molecule has 0 radical (unpaired) electrons. The van der Waals surface area contributed by atoms with Gasteiger partial charge in [-0.25, -0.2) is 10.3 Å². The highest BCUT2D eigenvalue weighted by atomic mass is 16.6. The zero-order valence-corrected chi connectivity index (χ0v) is 10.2. The molecule has 16 heavy (non-hydrogen) atoms. The summed E-state index contributed by atoms with van der Waals surface area (Å²) in [6.07, 6.45) is 1.54. The van der Waals surface area contributed by atoms with Crippen LogP contribution in [0, 0.1) is 0 Å². The average molecular weight is 234 g/mol. The van der Waals surface area contributed by atoms with Crippen molar-refractivity contribution in [3.8, 4) is 0 Å². The summed E-state index contributed by atoms with van der Waals surface area (Å²) in [6, 6.07) is 0. The molecule has 0 aromatic carbocycles. The van der Waals surface area contributed by atoms with E-state index < -0.39 is 11.7 Å². The minimum Gasteiger partial charge on any atom is -0.442 e. The Morgan fingerprint density at radius 3 is 2.44 bits per heavy atom. The Kier molecular flexibility index (Phi) is 7.03. The predicted molar refractivity (Wildman–Crippen MR) is 58.4 cm³/mol. The molecule has 0 aliphatic rings. The first-order chi connectivity index (χ1) is 7.37. The minimum absolute atomic E-state index is 0.236. The number of hydroxylamine groups is 3. The molecule has 0 saturated heterocycles. The van der Waals surface area contributed by atoms with Gasteiger partial charge in [-0.05, 0) is 33.6 Å². The highest BCUT2D eigenvalue weighted by Gasteiger charge is 2.20. The van der Waals surface area contributed by atoms with Crippen molar-refractivity contribution in [1.82, 2.24) is 10.5 Å². The van der Waals surface area contributed by atoms with E-state index in [2.05, 4.69) is 0 Å². The maximum absolute atomic E-state index is 11.3. The lowest BCUT2D eigenvalue weighted by molar-refractivity contribution is -0.0944. The molecule has 6 nitrogen and oxygen atoms in total. The first-order valence-electron chi connectivity index (χ1n) is 5.43. The third kappa shape index (κ3) is 8.46. The Morgan fingerprint density at radius 1 is 1.31 bits per heavy atom. The summed E-state index contributed by atoms with van der Waals surface area (Å²) in [4.78, 5) is 11.3. The van der Waals surface area contributed by atoms with Gasteiger partial charge < -0.3 is 9.94 Å². The van der Waals surface area contributed by atoms with Gasteiger partial charge in [0.2, 0.25) is 0 Å². The standard InChI is InChI=1S/C10H22N2O4/c1-10(2,3)16-9(13)12(15)8-6-4-5-7-11-14/h11,14-15H,4-8H2,1-3H3. The van der Waals surface area contributed by atoms with Crippen molar-refractivity contribution in [2.75, 3.05) is 13.1 Å². The van der Waals surface area contributed by atoms with Crippen molar-refractivity contribution >= 4 is 6.09 Å². The van der Waals surface area contributed by atoms with Gasteiger partial charge in [0.25, 0.3) is 0 Å². The number of nitrogens with zero attached hydrogens (tertiary/aromatic N) is 1. The topological polar surface area (TPSA) is 82.0 Å². The number of carbonyl (C=O) groups excluding carboxylic acids is 1. The molecule has 0 unspecified atom stereocenters. The van der Waals surface area contributed by atoms with Gasteiger partial charge in [-0.2, -0.15) is 5.06 Å². The number of rotatable bonds is 6. The second-order valence-corrected chi connectivity index (χ2v) is 4.57. The Balaban J connectivity index is 3.64. The van der Waals surface area contributed by atoms with Crippen molar-refractivity contribution in [1.29, 1.82) is 0 Å². The Hall–Kier alpha value is -0.850. The van der Waals surface area contributed by atoms with Gasteiger partial charge >= 0.3 is 6.09 Å². The van der Waals surface area contributed by atoms with E-state index >= 15 is 0 Å². The molecule has 0 rings (SSSR count). The van der Waals surface area contributed by atoms with E-state index in [4.69, 9.17) is 9.94 Å². The zero-order chi connectivity index (χ0) is 12.6. The molecular weight excluding hydrogens is 212 g/mol. The van der Waals surface area contributed by atoms with Crippen molar-refractivity contribution in [2.45, 2.75) is 45.6 Å². The van der Waals surface area contributed by atoms with E-state index in [9.17, 15) is 10.0 Å². The maximum Gasteiger partial charge on any atom is 0.434 e.